The lowest BCUT2D eigenvalue weighted by molar-refractivity contribution is -0.123. The van der Waals surface area contributed by atoms with Crippen molar-refractivity contribution < 1.29 is 9.53 Å². The van der Waals surface area contributed by atoms with Gasteiger partial charge in [-0.2, -0.15) is 0 Å². The summed E-state index contributed by atoms with van der Waals surface area (Å²) in [7, 11) is 1.65. The van der Waals surface area contributed by atoms with Crippen molar-refractivity contribution in [3.63, 3.8) is 0 Å². The van der Waals surface area contributed by atoms with Gasteiger partial charge in [0, 0.05) is 6.04 Å². The molecule has 3 N–H and O–H groups in total. The first-order valence-corrected chi connectivity index (χ1v) is 6.63. The molecule has 19 heavy (non-hydrogen) atoms. The average molecular weight is 264 g/mol. The topological polar surface area (TPSA) is 64.3 Å². The fourth-order valence-electron chi connectivity index (χ4n) is 1.89. The quantitative estimate of drug-likeness (QED) is 0.822. The van der Waals surface area contributed by atoms with Crippen LogP contribution in [0.5, 0.6) is 5.75 Å². The Morgan fingerprint density at radius 1 is 1.32 bits per heavy atom. The van der Waals surface area contributed by atoms with E-state index >= 15 is 0 Å². The Balaban J connectivity index is 2.60. The molecule has 2 atom stereocenters. The third-order valence-electron chi connectivity index (χ3n) is 3.13. The molecular weight excluding hydrogens is 240 g/mol. The monoisotopic (exact) mass is 264 g/mol. The van der Waals surface area contributed by atoms with E-state index in [-0.39, 0.29) is 17.9 Å². The van der Waals surface area contributed by atoms with Crippen LogP contribution < -0.4 is 15.8 Å². The zero-order valence-corrected chi connectivity index (χ0v) is 12.1. The molecule has 0 heterocycles. The van der Waals surface area contributed by atoms with E-state index in [9.17, 15) is 4.79 Å². The first-order valence-electron chi connectivity index (χ1n) is 6.63. The van der Waals surface area contributed by atoms with Gasteiger partial charge >= 0.3 is 0 Å². The molecule has 1 aromatic rings. The van der Waals surface area contributed by atoms with E-state index in [1.807, 2.05) is 45.0 Å². The Labute approximate surface area is 115 Å². The van der Waals surface area contributed by atoms with Gasteiger partial charge in [0.25, 0.3) is 0 Å². The molecule has 1 unspecified atom stereocenters. The lowest BCUT2D eigenvalue weighted by atomic mass is 10.0. The van der Waals surface area contributed by atoms with Gasteiger partial charge in [0.15, 0.2) is 0 Å². The molecule has 0 aliphatic rings. The van der Waals surface area contributed by atoms with Crippen LogP contribution in [0.4, 0.5) is 0 Å². The van der Waals surface area contributed by atoms with Crippen LogP contribution in [0.1, 0.15) is 26.3 Å². The lowest BCUT2D eigenvalue weighted by Gasteiger charge is -2.20. The predicted octanol–water partition coefficient (Wildman–Crippen LogP) is 1.73. The minimum Gasteiger partial charge on any atom is -0.496 e. The summed E-state index contributed by atoms with van der Waals surface area (Å²) >= 11 is 0. The molecular formula is C15H24N2O2. The van der Waals surface area contributed by atoms with E-state index in [1.165, 1.54) is 0 Å². The first kappa shape index (κ1) is 15.5. The number of nitrogens with one attached hydrogen (secondary N) is 1. The molecule has 0 saturated heterocycles. The smallest absolute Gasteiger partial charge is 0.237 e. The molecule has 0 saturated carbocycles. The second-order valence-electron chi connectivity index (χ2n) is 5.20. The largest absolute Gasteiger partial charge is 0.496 e. The molecule has 4 nitrogen and oxygen atoms in total. The Bertz CT molecular complexity index is 418. The van der Waals surface area contributed by atoms with E-state index in [2.05, 4.69) is 5.32 Å². The van der Waals surface area contributed by atoms with Crippen LogP contribution in [-0.2, 0) is 11.2 Å². The van der Waals surface area contributed by atoms with Crippen molar-refractivity contribution in [1.82, 2.24) is 5.32 Å². The average Bonchev–Trinajstić information content (AvgIpc) is 2.38. The fraction of sp³-hybridized carbons (Fsp3) is 0.533. The molecule has 1 aromatic carbocycles. The van der Waals surface area contributed by atoms with Crippen molar-refractivity contribution in [1.29, 1.82) is 0 Å². The zero-order valence-electron chi connectivity index (χ0n) is 12.1. The van der Waals surface area contributed by atoms with Gasteiger partial charge in [0.05, 0.1) is 13.2 Å². The van der Waals surface area contributed by atoms with Crippen molar-refractivity contribution in [2.45, 2.75) is 39.3 Å². The van der Waals surface area contributed by atoms with E-state index < -0.39 is 6.04 Å². The van der Waals surface area contributed by atoms with Crippen LogP contribution in [-0.4, -0.2) is 25.1 Å². The van der Waals surface area contributed by atoms with Crippen molar-refractivity contribution >= 4 is 5.91 Å². The summed E-state index contributed by atoms with van der Waals surface area (Å²) in [6.45, 7) is 5.85. The number of benzene rings is 1. The maximum atomic E-state index is 11.9. The summed E-state index contributed by atoms with van der Waals surface area (Å²) in [5, 5.41) is 2.94. The molecule has 0 aliphatic heterocycles. The lowest BCUT2D eigenvalue weighted by Crippen LogP contribution is -2.47. The Morgan fingerprint density at radius 2 is 1.95 bits per heavy atom. The highest BCUT2D eigenvalue weighted by atomic mass is 16.5. The van der Waals surface area contributed by atoms with Gasteiger partial charge < -0.3 is 15.8 Å². The number of rotatable bonds is 6. The molecule has 1 amide bonds. The highest BCUT2D eigenvalue weighted by Crippen LogP contribution is 2.18. The first-order chi connectivity index (χ1) is 8.95. The highest BCUT2D eigenvalue weighted by molar-refractivity contribution is 5.82. The van der Waals surface area contributed by atoms with Crippen LogP contribution in [0.15, 0.2) is 24.3 Å². The normalized spacial score (nSPS) is 14.0. The Morgan fingerprint density at radius 3 is 2.53 bits per heavy atom. The van der Waals surface area contributed by atoms with E-state index in [1.54, 1.807) is 7.11 Å². The van der Waals surface area contributed by atoms with Crippen LogP contribution >= 0.6 is 0 Å². The molecule has 0 aliphatic carbocycles. The Kier molecular flexibility index (Phi) is 5.83. The molecule has 0 aromatic heterocycles. The minimum atomic E-state index is -0.458. The molecule has 0 bridgehead atoms. The van der Waals surface area contributed by atoms with Crippen molar-refractivity contribution in [3.8, 4) is 5.75 Å². The SMILES string of the molecule is COc1ccccc1CC(C)NC(=O)[C@H](N)C(C)C. The summed E-state index contributed by atoms with van der Waals surface area (Å²) < 4.78 is 5.30. The van der Waals surface area contributed by atoms with Crippen LogP contribution in [0.3, 0.4) is 0 Å². The number of carbonyl (C=O) groups excluding carboxylic acids is 1. The number of methoxy groups -OCH3 is 1. The number of hydrogen-bond acceptors (Lipinski definition) is 3. The van der Waals surface area contributed by atoms with Crippen LogP contribution in [0.2, 0.25) is 0 Å². The summed E-state index contributed by atoms with van der Waals surface area (Å²) in [5.41, 5.74) is 6.90. The minimum absolute atomic E-state index is 0.0219. The van der Waals surface area contributed by atoms with Crippen molar-refractivity contribution in [3.05, 3.63) is 29.8 Å². The molecule has 0 spiro atoms. The molecule has 0 radical (unpaired) electrons. The number of hydrogen-bond donors (Lipinski definition) is 2. The van der Waals surface area contributed by atoms with Gasteiger partial charge in [0.1, 0.15) is 5.75 Å². The number of amides is 1. The second kappa shape index (κ2) is 7.14. The number of carbonyl (C=O) groups is 1. The summed E-state index contributed by atoms with van der Waals surface area (Å²) in [4.78, 5) is 11.9. The molecule has 0 fully saturated rings. The standard InChI is InChI=1S/C15H24N2O2/c1-10(2)14(16)15(18)17-11(3)9-12-7-5-6-8-13(12)19-4/h5-8,10-11,14H,9,16H2,1-4H3,(H,17,18)/t11?,14-/m1/s1. The number of ether oxygens (including phenoxy) is 1. The third kappa shape index (κ3) is 4.56. The van der Waals surface area contributed by atoms with Crippen molar-refractivity contribution in [2.24, 2.45) is 11.7 Å². The second-order valence-corrected chi connectivity index (χ2v) is 5.20. The van der Waals surface area contributed by atoms with E-state index in [0.29, 0.717) is 0 Å². The summed E-state index contributed by atoms with van der Waals surface area (Å²) in [6.07, 6.45) is 0.723. The van der Waals surface area contributed by atoms with Crippen molar-refractivity contribution in [2.75, 3.05) is 7.11 Å². The molecule has 1 rings (SSSR count). The Hall–Kier alpha value is -1.55. The summed E-state index contributed by atoms with van der Waals surface area (Å²) in [6, 6.07) is 7.38. The van der Waals surface area contributed by atoms with Gasteiger partial charge in [-0.25, -0.2) is 0 Å². The molecule has 106 valence electrons. The summed E-state index contributed by atoms with van der Waals surface area (Å²) in [5.74, 6) is 0.882. The van der Waals surface area contributed by atoms with Gasteiger partial charge in [-0.3, -0.25) is 4.79 Å². The van der Waals surface area contributed by atoms with Gasteiger partial charge in [-0.15, -0.1) is 0 Å². The third-order valence-corrected chi connectivity index (χ3v) is 3.13. The van der Waals surface area contributed by atoms with E-state index in [0.717, 1.165) is 17.7 Å². The van der Waals surface area contributed by atoms with E-state index in [4.69, 9.17) is 10.5 Å². The molecule has 4 heteroatoms. The fourth-order valence-corrected chi connectivity index (χ4v) is 1.89. The highest BCUT2D eigenvalue weighted by Gasteiger charge is 2.19. The van der Waals surface area contributed by atoms with Gasteiger partial charge in [0.2, 0.25) is 5.91 Å². The van der Waals surface area contributed by atoms with Gasteiger partial charge in [-0.1, -0.05) is 32.0 Å². The maximum absolute atomic E-state index is 11.9. The number of para-hydroxylation sites is 1. The number of nitrogens with two attached hydrogens (primary N) is 1. The predicted molar refractivity (Wildman–Crippen MR) is 77.1 cm³/mol. The van der Waals surface area contributed by atoms with Gasteiger partial charge in [-0.05, 0) is 30.9 Å². The zero-order chi connectivity index (χ0) is 14.4. The van der Waals surface area contributed by atoms with Crippen LogP contribution in [0.25, 0.3) is 0 Å². The van der Waals surface area contributed by atoms with Crippen LogP contribution in [0, 0.1) is 5.92 Å². The maximum Gasteiger partial charge on any atom is 0.237 e.